The van der Waals surface area contributed by atoms with Crippen LogP contribution in [0.15, 0.2) is 28.2 Å². The Bertz CT molecular complexity index is 455. The molecule has 0 spiro atoms. The average Bonchev–Trinajstić information content (AvgIpc) is 2.34. The first-order valence-electron chi connectivity index (χ1n) is 5.22. The van der Waals surface area contributed by atoms with E-state index in [0.29, 0.717) is 18.7 Å². The molecule has 1 amide bonds. The van der Waals surface area contributed by atoms with E-state index in [-0.39, 0.29) is 11.5 Å². The van der Waals surface area contributed by atoms with Crippen LogP contribution in [0.4, 0.5) is 0 Å². The van der Waals surface area contributed by atoms with Crippen LogP contribution in [0.5, 0.6) is 0 Å². The third-order valence-corrected chi connectivity index (χ3v) is 2.08. The number of aromatic amines is 1. The third kappa shape index (κ3) is 4.85. The Balaban J connectivity index is 2.28. The molecule has 0 saturated carbocycles. The molecule has 0 saturated heterocycles. The number of pyridine rings is 1. The number of nitrogens with one attached hydrogen (secondary N) is 2. The van der Waals surface area contributed by atoms with Crippen molar-refractivity contribution >= 4 is 5.91 Å². The normalized spacial score (nSPS) is 9.41. The molecular weight excluding hydrogens is 222 g/mol. The SMILES string of the molecule is [N-]=[N+]=NCCCCNC(=O)c1ccc(=O)[nH]c1. The van der Waals surface area contributed by atoms with Crippen LogP contribution in [0.1, 0.15) is 23.2 Å². The number of unbranched alkanes of at least 4 members (excludes halogenated alkanes) is 1. The van der Waals surface area contributed by atoms with E-state index >= 15 is 0 Å². The van der Waals surface area contributed by atoms with Crippen LogP contribution in [-0.4, -0.2) is 24.0 Å². The molecule has 0 unspecified atom stereocenters. The molecule has 0 aliphatic rings. The molecule has 0 atom stereocenters. The molecule has 1 aromatic heterocycles. The fraction of sp³-hybridized carbons (Fsp3) is 0.400. The number of rotatable bonds is 6. The molecule has 17 heavy (non-hydrogen) atoms. The number of aromatic nitrogens is 1. The summed E-state index contributed by atoms with van der Waals surface area (Å²) < 4.78 is 0. The Morgan fingerprint density at radius 3 is 2.94 bits per heavy atom. The van der Waals surface area contributed by atoms with Crippen LogP contribution in [0.3, 0.4) is 0 Å². The highest BCUT2D eigenvalue weighted by atomic mass is 16.1. The van der Waals surface area contributed by atoms with Gasteiger partial charge >= 0.3 is 0 Å². The van der Waals surface area contributed by atoms with Gasteiger partial charge in [-0.25, -0.2) is 0 Å². The Kier molecular flexibility index (Phi) is 5.33. The summed E-state index contributed by atoms with van der Waals surface area (Å²) in [5, 5.41) is 6.08. The van der Waals surface area contributed by atoms with Crippen molar-refractivity contribution in [3.63, 3.8) is 0 Å². The topological polar surface area (TPSA) is 111 Å². The summed E-state index contributed by atoms with van der Waals surface area (Å²) in [6, 6.07) is 2.77. The zero-order valence-corrected chi connectivity index (χ0v) is 9.22. The maximum absolute atomic E-state index is 11.5. The number of hydrogen-bond acceptors (Lipinski definition) is 3. The zero-order valence-electron chi connectivity index (χ0n) is 9.22. The molecule has 1 rings (SSSR count). The summed E-state index contributed by atoms with van der Waals surface area (Å²) in [5.74, 6) is -0.231. The van der Waals surface area contributed by atoms with E-state index in [0.717, 1.165) is 12.8 Å². The molecule has 0 bridgehead atoms. The molecule has 0 radical (unpaired) electrons. The van der Waals surface area contributed by atoms with Gasteiger partial charge in [0.1, 0.15) is 0 Å². The van der Waals surface area contributed by atoms with Crippen molar-refractivity contribution in [1.82, 2.24) is 10.3 Å². The number of H-pyrrole nitrogens is 1. The number of amides is 1. The Hall–Kier alpha value is -2.27. The van der Waals surface area contributed by atoms with Gasteiger partial charge in [-0.05, 0) is 24.4 Å². The van der Waals surface area contributed by atoms with Gasteiger partial charge in [0.05, 0.1) is 5.56 Å². The number of hydrogen-bond donors (Lipinski definition) is 2. The second-order valence-corrected chi connectivity index (χ2v) is 3.36. The first-order valence-corrected chi connectivity index (χ1v) is 5.22. The second-order valence-electron chi connectivity index (χ2n) is 3.36. The minimum Gasteiger partial charge on any atom is -0.352 e. The smallest absolute Gasteiger partial charge is 0.252 e. The summed E-state index contributed by atoms with van der Waals surface area (Å²) in [6.07, 6.45) is 2.85. The fourth-order valence-electron chi connectivity index (χ4n) is 1.21. The largest absolute Gasteiger partial charge is 0.352 e. The zero-order chi connectivity index (χ0) is 12.5. The summed E-state index contributed by atoms with van der Waals surface area (Å²) in [4.78, 5) is 27.4. The maximum atomic E-state index is 11.5. The predicted molar refractivity (Wildman–Crippen MR) is 62.6 cm³/mol. The standard InChI is InChI=1S/C10H13N5O2/c11-15-14-6-2-1-5-12-10(17)8-3-4-9(16)13-7-8/h3-4,7H,1-2,5-6H2,(H,12,17)(H,13,16). The second kappa shape index (κ2) is 7.08. The number of nitrogens with zero attached hydrogens (tertiary/aromatic N) is 3. The van der Waals surface area contributed by atoms with Crippen LogP contribution in [-0.2, 0) is 0 Å². The van der Waals surface area contributed by atoms with E-state index in [1.165, 1.54) is 18.3 Å². The minimum atomic E-state index is -0.240. The molecule has 2 N–H and O–H groups in total. The molecule has 7 heteroatoms. The Labute approximate surface area is 97.5 Å². The molecule has 0 fully saturated rings. The van der Waals surface area contributed by atoms with Gasteiger partial charge in [0.25, 0.3) is 5.91 Å². The van der Waals surface area contributed by atoms with E-state index in [2.05, 4.69) is 20.3 Å². The van der Waals surface area contributed by atoms with E-state index < -0.39 is 0 Å². The van der Waals surface area contributed by atoms with Gasteiger partial charge in [0.2, 0.25) is 5.56 Å². The first-order chi connectivity index (χ1) is 8.24. The lowest BCUT2D eigenvalue weighted by atomic mass is 10.2. The van der Waals surface area contributed by atoms with E-state index in [1.54, 1.807) is 0 Å². The molecule has 1 aromatic rings. The van der Waals surface area contributed by atoms with Crippen molar-refractivity contribution in [2.24, 2.45) is 5.11 Å². The lowest BCUT2D eigenvalue weighted by Gasteiger charge is -2.03. The molecule has 0 aliphatic carbocycles. The van der Waals surface area contributed by atoms with Crippen molar-refractivity contribution in [2.75, 3.05) is 13.1 Å². The highest BCUT2D eigenvalue weighted by Gasteiger charge is 2.03. The molecular formula is C10H13N5O2. The maximum Gasteiger partial charge on any atom is 0.252 e. The van der Waals surface area contributed by atoms with E-state index in [4.69, 9.17) is 5.53 Å². The van der Waals surface area contributed by atoms with E-state index in [9.17, 15) is 9.59 Å². The predicted octanol–water partition coefficient (Wildman–Crippen LogP) is 1.20. The summed E-state index contributed by atoms with van der Waals surface area (Å²) in [7, 11) is 0. The summed E-state index contributed by atoms with van der Waals surface area (Å²) in [5.41, 5.74) is 8.22. The number of azide groups is 1. The molecule has 1 heterocycles. The lowest BCUT2D eigenvalue weighted by Crippen LogP contribution is -2.25. The van der Waals surface area contributed by atoms with Gasteiger partial charge in [0, 0.05) is 30.3 Å². The van der Waals surface area contributed by atoms with Gasteiger partial charge in [0.15, 0.2) is 0 Å². The molecule has 0 aromatic carbocycles. The van der Waals surface area contributed by atoms with Crippen molar-refractivity contribution < 1.29 is 4.79 Å². The van der Waals surface area contributed by atoms with Crippen LogP contribution < -0.4 is 10.9 Å². The highest BCUT2D eigenvalue weighted by Crippen LogP contribution is 1.94. The molecule has 90 valence electrons. The van der Waals surface area contributed by atoms with Crippen LogP contribution in [0.25, 0.3) is 10.4 Å². The monoisotopic (exact) mass is 235 g/mol. The highest BCUT2D eigenvalue weighted by molar-refractivity contribution is 5.93. The van der Waals surface area contributed by atoms with Crippen LogP contribution in [0, 0.1) is 0 Å². The summed E-state index contributed by atoms with van der Waals surface area (Å²) in [6.45, 7) is 0.948. The first kappa shape index (κ1) is 12.8. The van der Waals surface area contributed by atoms with Gasteiger partial charge in [-0.1, -0.05) is 5.11 Å². The average molecular weight is 235 g/mol. The number of carbonyl (C=O) groups excluding carboxylic acids is 1. The third-order valence-electron chi connectivity index (χ3n) is 2.08. The number of carbonyl (C=O) groups is 1. The van der Waals surface area contributed by atoms with Crippen LogP contribution in [0.2, 0.25) is 0 Å². The van der Waals surface area contributed by atoms with Crippen LogP contribution >= 0.6 is 0 Å². The van der Waals surface area contributed by atoms with E-state index in [1.807, 2.05) is 0 Å². The van der Waals surface area contributed by atoms with Crippen molar-refractivity contribution in [1.29, 1.82) is 0 Å². The fourth-order valence-corrected chi connectivity index (χ4v) is 1.21. The van der Waals surface area contributed by atoms with Gasteiger partial charge < -0.3 is 10.3 Å². The molecule has 7 nitrogen and oxygen atoms in total. The molecule has 0 aliphatic heterocycles. The minimum absolute atomic E-state index is 0.231. The van der Waals surface area contributed by atoms with Crippen molar-refractivity contribution in [2.45, 2.75) is 12.8 Å². The Morgan fingerprint density at radius 1 is 1.47 bits per heavy atom. The van der Waals surface area contributed by atoms with Crippen molar-refractivity contribution in [3.8, 4) is 0 Å². The quantitative estimate of drug-likeness (QED) is 0.334. The lowest BCUT2D eigenvalue weighted by molar-refractivity contribution is 0.0952. The summed E-state index contributed by atoms with van der Waals surface area (Å²) >= 11 is 0. The Morgan fingerprint density at radius 2 is 2.29 bits per heavy atom. The van der Waals surface area contributed by atoms with Gasteiger partial charge in [-0.3, -0.25) is 9.59 Å². The van der Waals surface area contributed by atoms with Gasteiger partial charge in [-0.15, -0.1) is 0 Å². The van der Waals surface area contributed by atoms with Crippen molar-refractivity contribution in [3.05, 3.63) is 44.7 Å². The van der Waals surface area contributed by atoms with Gasteiger partial charge in [-0.2, -0.15) is 0 Å².